The van der Waals surface area contributed by atoms with Crippen LogP contribution >= 0.6 is 27.7 Å². The van der Waals surface area contributed by atoms with Crippen molar-refractivity contribution in [2.45, 2.75) is 42.8 Å². The van der Waals surface area contributed by atoms with E-state index in [0.717, 1.165) is 34.6 Å². The largest absolute Gasteiger partial charge is 0.491 e. The maximum atomic E-state index is 13.8. The number of hydrogen-bond donors (Lipinski definition) is 0. The monoisotopic (exact) mass is 459 g/mol. The molecule has 3 nitrogen and oxygen atoms in total. The van der Waals surface area contributed by atoms with Crippen LogP contribution in [0.3, 0.4) is 0 Å². The van der Waals surface area contributed by atoms with Crippen molar-refractivity contribution < 1.29 is 9.53 Å². The molecular weight excluding hydrogens is 434 g/mol. The van der Waals surface area contributed by atoms with Gasteiger partial charge in [-0.15, -0.1) is 11.8 Å². The molecule has 0 N–H and O–H groups in total. The highest BCUT2D eigenvalue weighted by Crippen LogP contribution is 2.43. The van der Waals surface area contributed by atoms with E-state index in [1.807, 2.05) is 19.1 Å². The standard InChI is InChI=1S/C23H26BrNO2S/c1-16-6-8-18(9-7-16)28-23(14-25-10-4-3-5-11-25)15-27-21-12-17(2)20(24)13-19(21)22(23)26/h6-9,12-13H,3-5,10-11,14-15H2,1-2H3/t23-/m0/s1. The molecule has 148 valence electrons. The summed E-state index contributed by atoms with van der Waals surface area (Å²) in [5.74, 6) is 0.898. The van der Waals surface area contributed by atoms with E-state index in [1.54, 1.807) is 11.8 Å². The van der Waals surface area contributed by atoms with E-state index in [4.69, 9.17) is 4.74 Å². The Labute approximate surface area is 180 Å². The second-order valence-corrected chi connectivity index (χ2v) is 10.3. The van der Waals surface area contributed by atoms with Crippen LogP contribution in [0.2, 0.25) is 0 Å². The van der Waals surface area contributed by atoms with Gasteiger partial charge in [-0.2, -0.15) is 0 Å². The fraction of sp³-hybridized carbons (Fsp3) is 0.435. The van der Waals surface area contributed by atoms with E-state index in [1.165, 1.54) is 24.8 Å². The van der Waals surface area contributed by atoms with Crippen molar-refractivity contribution in [3.63, 3.8) is 0 Å². The van der Waals surface area contributed by atoms with Crippen LogP contribution in [-0.2, 0) is 0 Å². The van der Waals surface area contributed by atoms with E-state index in [-0.39, 0.29) is 5.78 Å². The highest BCUT2D eigenvalue weighted by atomic mass is 79.9. The molecule has 0 bridgehead atoms. The Bertz CT molecular complexity index is 877. The fourth-order valence-corrected chi connectivity index (χ4v) is 5.63. The van der Waals surface area contributed by atoms with Gasteiger partial charge in [-0.05, 0) is 69.6 Å². The number of Topliss-reactive ketones (excluding diaryl/α,β-unsaturated/α-hetero) is 1. The molecule has 1 fully saturated rings. The van der Waals surface area contributed by atoms with Crippen molar-refractivity contribution in [2.75, 3.05) is 26.2 Å². The lowest BCUT2D eigenvalue weighted by Crippen LogP contribution is -2.53. The van der Waals surface area contributed by atoms with Gasteiger partial charge >= 0.3 is 0 Å². The van der Waals surface area contributed by atoms with Gasteiger partial charge in [0.05, 0.1) is 5.56 Å². The number of carbonyl (C=O) groups is 1. The minimum atomic E-state index is -0.617. The molecule has 4 rings (SSSR count). The van der Waals surface area contributed by atoms with Crippen molar-refractivity contribution in [1.82, 2.24) is 4.90 Å². The predicted molar refractivity (Wildman–Crippen MR) is 119 cm³/mol. The molecule has 0 saturated carbocycles. The van der Waals surface area contributed by atoms with Crippen LogP contribution in [-0.4, -0.2) is 41.7 Å². The number of rotatable bonds is 4. The SMILES string of the molecule is Cc1ccc(S[C@@]2(CN3CCCCC3)COc3cc(C)c(Br)cc3C2=O)cc1. The van der Waals surface area contributed by atoms with E-state index < -0.39 is 4.75 Å². The first kappa shape index (κ1) is 20.0. The number of nitrogens with zero attached hydrogens (tertiary/aromatic N) is 1. The zero-order valence-electron chi connectivity index (χ0n) is 16.5. The third-order valence-electron chi connectivity index (χ3n) is 5.64. The topological polar surface area (TPSA) is 29.5 Å². The van der Waals surface area contributed by atoms with Crippen molar-refractivity contribution in [1.29, 1.82) is 0 Å². The first-order chi connectivity index (χ1) is 13.5. The highest BCUT2D eigenvalue weighted by molar-refractivity contribution is 9.10. The molecule has 5 heteroatoms. The second kappa shape index (κ2) is 8.21. The third kappa shape index (κ3) is 4.03. The summed E-state index contributed by atoms with van der Waals surface area (Å²) in [5.41, 5.74) is 3.01. The van der Waals surface area contributed by atoms with Crippen LogP contribution in [0.5, 0.6) is 5.75 Å². The molecule has 2 heterocycles. The van der Waals surface area contributed by atoms with E-state index in [2.05, 4.69) is 52.0 Å². The molecule has 0 unspecified atom stereocenters. The summed E-state index contributed by atoms with van der Waals surface area (Å²) in [7, 11) is 0. The number of hydrogen-bond acceptors (Lipinski definition) is 4. The lowest BCUT2D eigenvalue weighted by Gasteiger charge is -2.40. The smallest absolute Gasteiger partial charge is 0.187 e. The van der Waals surface area contributed by atoms with Crippen molar-refractivity contribution in [3.8, 4) is 5.75 Å². The van der Waals surface area contributed by atoms with Gasteiger partial charge in [-0.25, -0.2) is 0 Å². The van der Waals surface area contributed by atoms with Crippen LogP contribution in [0, 0.1) is 13.8 Å². The summed E-state index contributed by atoms with van der Waals surface area (Å²) in [6, 6.07) is 12.4. The first-order valence-electron chi connectivity index (χ1n) is 9.93. The van der Waals surface area contributed by atoms with Gasteiger partial charge in [0.1, 0.15) is 17.1 Å². The molecular formula is C23H26BrNO2S. The minimum absolute atomic E-state index is 0.186. The average molecular weight is 460 g/mol. The average Bonchev–Trinajstić information content (AvgIpc) is 2.69. The number of fused-ring (bicyclic) bond motifs is 1. The van der Waals surface area contributed by atoms with Crippen LogP contribution in [0.4, 0.5) is 0 Å². The van der Waals surface area contributed by atoms with Gasteiger partial charge in [0.2, 0.25) is 0 Å². The Morgan fingerprint density at radius 3 is 2.54 bits per heavy atom. The minimum Gasteiger partial charge on any atom is -0.491 e. The maximum Gasteiger partial charge on any atom is 0.187 e. The molecule has 2 aromatic rings. The van der Waals surface area contributed by atoms with Gasteiger partial charge < -0.3 is 9.64 Å². The number of likely N-dealkylation sites (tertiary alicyclic amines) is 1. The van der Waals surface area contributed by atoms with Crippen molar-refractivity contribution >= 4 is 33.5 Å². The Kier molecular flexibility index (Phi) is 5.86. The zero-order chi connectivity index (χ0) is 19.7. The molecule has 1 atom stereocenters. The van der Waals surface area contributed by atoms with Gasteiger partial charge in [-0.3, -0.25) is 4.79 Å². The van der Waals surface area contributed by atoms with Crippen molar-refractivity contribution in [3.05, 3.63) is 57.6 Å². The molecule has 2 aliphatic heterocycles. The Balaban J connectivity index is 1.70. The number of carbonyl (C=O) groups excluding carboxylic acids is 1. The van der Waals surface area contributed by atoms with E-state index in [9.17, 15) is 4.79 Å². The molecule has 2 aromatic carbocycles. The molecule has 0 amide bonds. The van der Waals surface area contributed by atoms with E-state index in [0.29, 0.717) is 17.9 Å². The number of ketones is 1. The highest BCUT2D eigenvalue weighted by Gasteiger charge is 2.46. The van der Waals surface area contributed by atoms with Crippen LogP contribution < -0.4 is 4.74 Å². The Hall–Kier alpha value is -1.30. The quantitative estimate of drug-likeness (QED) is 0.589. The predicted octanol–water partition coefficient (Wildman–Crippen LogP) is 5.66. The lowest BCUT2D eigenvalue weighted by molar-refractivity contribution is 0.0807. The molecule has 0 aromatic heterocycles. The summed E-state index contributed by atoms with van der Waals surface area (Å²) >= 11 is 5.25. The normalized spacial score (nSPS) is 22.6. The number of piperidine rings is 1. The van der Waals surface area contributed by atoms with Gasteiger partial charge in [0, 0.05) is 15.9 Å². The van der Waals surface area contributed by atoms with Crippen LogP contribution in [0.1, 0.15) is 40.7 Å². The summed E-state index contributed by atoms with van der Waals surface area (Å²) < 4.78 is 6.53. The molecule has 2 aliphatic rings. The second-order valence-electron chi connectivity index (χ2n) is 7.96. The van der Waals surface area contributed by atoms with Gasteiger partial charge in [0.25, 0.3) is 0 Å². The van der Waals surface area contributed by atoms with Gasteiger partial charge in [0.15, 0.2) is 5.78 Å². The fourth-order valence-electron chi connectivity index (χ4n) is 3.99. The Morgan fingerprint density at radius 2 is 1.82 bits per heavy atom. The number of ether oxygens (including phenoxy) is 1. The van der Waals surface area contributed by atoms with Crippen molar-refractivity contribution in [2.24, 2.45) is 0 Å². The molecule has 0 aliphatic carbocycles. The number of benzene rings is 2. The number of aryl methyl sites for hydroxylation is 2. The lowest BCUT2D eigenvalue weighted by atomic mass is 9.92. The summed E-state index contributed by atoms with van der Waals surface area (Å²) in [6.45, 7) is 7.38. The summed E-state index contributed by atoms with van der Waals surface area (Å²) in [6.07, 6.45) is 3.71. The molecule has 0 radical (unpaired) electrons. The molecule has 0 spiro atoms. The number of thioether (sulfide) groups is 1. The maximum absolute atomic E-state index is 13.8. The van der Waals surface area contributed by atoms with E-state index >= 15 is 0 Å². The number of halogens is 1. The third-order valence-corrected chi connectivity index (χ3v) is 7.83. The summed E-state index contributed by atoms with van der Waals surface area (Å²) in [4.78, 5) is 17.4. The van der Waals surface area contributed by atoms with Gasteiger partial charge in [-0.1, -0.05) is 40.0 Å². The Morgan fingerprint density at radius 1 is 1.11 bits per heavy atom. The summed E-state index contributed by atoms with van der Waals surface area (Å²) in [5, 5.41) is 0. The van der Waals surface area contributed by atoms with Crippen LogP contribution in [0.25, 0.3) is 0 Å². The molecule has 28 heavy (non-hydrogen) atoms. The first-order valence-corrected chi connectivity index (χ1v) is 11.5. The molecule has 1 saturated heterocycles. The van der Waals surface area contributed by atoms with Crippen LogP contribution in [0.15, 0.2) is 45.8 Å². The zero-order valence-corrected chi connectivity index (χ0v) is 18.9.